The van der Waals surface area contributed by atoms with Crippen molar-refractivity contribution in [2.45, 2.75) is 49.4 Å². The number of nitrogens with two attached hydrogens (primary N) is 1. The maximum atomic E-state index is 11.5. The number of primary amides is 1. The maximum absolute atomic E-state index is 11.5. The van der Waals surface area contributed by atoms with Gasteiger partial charge in [0.25, 0.3) is 5.91 Å². The smallest absolute Gasteiger partial charge is 0.250 e. The predicted molar refractivity (Wildman–Crippen MR) is 75.6 cm³/mol. The van der Waals surface area contributed by atoms with Crippen molar-refractivity contribution in [2.75, 3.05) is 0 Å². The fraction of sp³-hybridized carbons (Fsp3) is 0.500. The molecule has 0 aliphatic rings. The summed E-state index contributed by atoms with van der Waals surface area (Å²) in [5, 5.41) is 10.1. The van der Waals surface area contributed by atoms with Crippen LogP contribution in [0.25, 0.3) is 0 Å². The van der Waals surface area contributed by atoms with E-state index in [-0.39, 0.29) is 5.25 Å². The Balaban J connectivity index is 2.81. The topological polar surface area (TPSA) is 63.3 Å². The molecule has 1 amide bonds. The highest BCUT2D eigenvalue weighted by atomic mass is 32.2. The van der Waals surface area contributed by atoms with E-state index in [2.05, 4.69) is 0 Å². The number of hydrogen-bond donors (Lipinski definition) is 2. The van der Waals surface area contributed by atoms with Crippen LogP contribution < -0.4 is 5.73 Å². The molecule has 100 valence electrons. The first-order chi connectivity index (χ1) is 8.40. The molecule has 1 rings (SSSR count). The Morgan fingerprint density at radius 3 is 2.44 bits per heavy atom. The summed E-state index contributed by atoms with van der Waals surface area (Å²) < 4.78 is 0. The largest absolute Gasteiger partial charge is 0.379 e. The molecule has 18 heavy (non-hydrogen) atoms. The third kappa shape index (κ3) is 3.50. The molecule has 0 unspecified atom stereocenters. The van der Waals surface area contributed by atoms with Crippen molar-refractivity contribution in [2.24, 2.45) is 5.73 Å². The highest BCUT2D eigenvalue weighted by Gasteiger charge is 2.39. The number of thioether (sulfide) groups is 1. The standard InChI is InChI=1S/C14H21NO2S/c1-4-9-14(17,13(15)16)11(3)18-12-7-5-10(2)6-8-12/h5-8,11,17H,4,9H2,1-3H3,(H2,15,16)/t11-,14-/m1/s1. The minimum atomic E-state index is -1.44. The molecule has 0 aliphatic heterocycles. The molecule has 3 nitrogen and oxygen atoms in total. The Morgan fingerprint density at radius 2 is 2.00 bits per heavy atom. The first-order valence-corrected chi connectivity index (χ1v) is 7.03. The molecule has 4 heteroatoms. The van der Waals surface area contributed by atoms with Crippen LogP contribution in [0.3, 0.4) is 0 Å². The minimum Gasteiger partial charge on any atom is -0.379 e. The van der Waals surface area contributed by atoms with E-state index in [0.717, 1.165) is 11.3 Å². The predicted octanol–water partition coefficient (Wildman–Crippen LogP) is 2.49. The molecule has 3 N–H and O–H groups in total. The van der Waals surface area contributed by atoms with Gasteiger partial charge in [-0.1, -0.05) is 31.0 Å². The number of aliphatic hydroxyl groups is 1. The Bertz CT molecular complexity index is 405. The molecule has 0 saturated heterocycles. The van der Waals surface area contributed by atoms with Gasteiger partial charge < -0.3 is 10.8 Å². The number of amides is 1. The lowest BCUT2D eigenvalue weighted by Gasteiger charge is -2.30. The maximum Gasteiger partial charge on any atom is 0.250 e. The van der Waals surface area contributed by atoms with Crippen LogP contribution >= 0.6 is 11.8 Å². The van der Waals surface area contributed by atoms with Crippen LogP contribution in [0.5, 0.6) is 0 Å². The lowest BCUT2D eigenvalue weighted by Crippen LogP contribution is -2.50. The number of aryl methyl sites for hydroxylation is 1. The Kier molecular flexibility index (Phi) is 5.23. The fourth-order valence-corrected chi connectivity index (χ4v) is 2.96. The second-order valence-electron chi connectivity index (χ2n) is 4.61. The lowest BCUT2D eigenvalue weighted by molar-refractivity contribution is -0.136. The molecular weight excluding hydrogens is 246 g/mol. The van der Waals surface area contributed by atoms with E-state index in [4.69, 9.17) is 5.73 Å². The monoisotopic (exact) mass is 267 g/mol. The summed E-state index contributed by atoms with van der Waals surface area (Å²) in [4.78, 5) is 12.5. The summed E-state index contributed by atoms with van der Waals surface area (Å²) in [6, 6.07) is 8.00. The average molecular weight is 267 g/mol. The Morgan fingerprint density at radius 1 is 1.44 bits per heavy atom. The third-order valence-electron chi connectivity index (χ3n) is 3.06. The summed E-state index contributed by atoms with van der Waals surface area (Å²) in [6.45, 7) is 5.79. The van der Waals surface area contributed by atoms with Gasteiger partial charge in [-0.3, -0.25) is 4.79 Å². The molecule has 0 radical (unpaired) electrons. The van der Waals surface area contributed by atoms with Gasteiger partial charge >= 0.3 is 0 Å². The van der Waals surface area contributed by atoms with E-state index in [1.165, 1.54) is 17.3 Å². The first kappa shape index (κ1) is 15.1. The highest BCUT2D eigenvalue weighted by Crippen LogP contribution is 2.33. The quantitative estimate of drug-likeness (QED) is 0.778. The van der Waals surface area contributed by atoms with E-state index in [9.17, 15) is 9.90 Å². The molecule has 1 aromatic carbocycles. The van der Waals surface area contributed by atoms with Gasteiger partial charge in [-0.2, -0.15) is 0 Å². The van der Waals surface area contributed by atoms with Crippen molar-refractivity contribution >= 4 is 17.7 Å². The highest BCUT2D eigenvalue weighted by molar-refractivity contribution is 8.00. The third-order valence-corrected chi connectivity index (χ3v) is 4.35. The van der Waals surface area contributed by atoms with E-state index >= 15 is 0 Å². The van der Waals surface area contributed by atoms with Crippen LogP contribution in [0.1, 0.15) is 32.3 Å². The Labute approximate surface area is 113 Å². The van der Waals surface area contributed by atoms with Crippen LogP contribution in [0.4, 0.5) is 0 Å². The number of hydrogen-bond acceptors (Lipinski definition) is 3. The summed E-state index contributed by atoms with van der Waals surface area (Å²) in [5.74, 6) is -0.642. The van der Waals surface area contributed by atoms with Crippen LogP contribution in [0, 0.1) is 6.92 Å². The lowest BCUT2D eigenvalue weighted by atomic mass is 9.94. The zero-order valence-corrected chi connectivity index (χ0v) is 12.0. The number of rotatable bonds is 6. The van der Waals surface area contributed by atoms with Gasteiger partial charge in [0, 0.05) is 10.1 Å². The first-order valence-electron chi connectivity index (χ1n) is 6.15. The van der Waals surface area contributed by atoms with Gasteiger partial charge in [-0.25, -0.2) is 0 Å². The minimum absolute atomic E-state index is 0.266. The van der Waals surface area contributed by atoms with Crippen LogP contribution in [-0.2, 0) is 4.79 Å². The van der Waals surface area contributed by atoms with Gasteiger partial charge in [0.15, 0.2) is 5.60 Å². The molecule has 0 aliphatic carbocycles. The zero-order valence-electron chi connectivity index (χ0n) is 11.1. The van der Waals surface area contributed by atoms with Gasteiger partial charge in [0.1, 0.15) is 0 Å². The molecule has 0 bridgehead atoms. The van der Waals surface area contributed by atoms with Gasteiger partial charge in [-0.15, -0.1) is 11.8 Å². The second kappa shape index (κ2) is 6.25. The van der Waals surface area contributed by atoms with Crippen molar-refractivity contribution in [3.8, 4) is 0 Å². The van der Waals surface area contributed by atoms with E-state index in [0.29, 0.717) is 6.42 Å². The fourth-order valence-electron chi connectivity index (χ4n) is 1.83. The molecule has 0 heterocycles. The van der Waals surface area contributed by atoms with E-state index in [1.807, 2.05) is 45.0 Å². The molecule has 2 atom stereocenters. The van der Waals surface area contributed by atoms with E-state index < -0.39 is 11.5 Å². The van der Waals surface area contributed by atoms with Crippen LogP contribution in [-0.4, -0.2) is 21.9 Å². The average Bonchev–Trinajstić information content (AvgIpc) is 2.32. The van der Waals surface area contributed by atoms with Crippen molar-refractivity contribution in [1.82, 2.24) is 0 Å². The summed E-state index contributed by atoms with van der Waals surface area (Å²) in [6.07, 6.45) is 1.11. The zero-order chi connectivity index (χ0) is 13.8. The van der Waals surface area contributed by atoms with Crippen LogP contribution in [0.15, 0.2) is 29.2 Å². The van der Waals surface area contributed by atoms with Crippen molar-refractivity contribution < 1.29 is 9.90 Å². The number of benzene rings is 1. The SMILES string of the molecule is CCC[C@](O)(C(N)=O)[C@@H](C)Sc1ccc(C)cc1. The van der Waals surface area contributed by atoms with Crippen molar-refractivity contribution in [1.29, 1.82) is 0 Å². The molecule has 0 aromatic heterocycles. The summed E-state index contributed by atoms with van der Waals surface area (Å²) in [5.41, 5.74) is 5.08. The van der Waals surface area contributed by atoms with Gasteiger partial charge in [-0.05, 0) is 32.4 Å². The van der Waals surface area contributed by atoms with Crippen molar-refractivity contribution in [3.63, 3.8) is 0 Å². The number of carbonyl (C=O) groups is 1. The molecular formula is C14H21NO2S. The summed E-state index contributed by atoms with van der Waals surface area (Å²) in [7, 11) is 0. The normalized spacial score (nSPS) is 16.0. The Hall–Kier alpha value is -1.00. The summed E-state index contributed by atoms with van der Waals surface area (Å²) >= 11 is 1.48. The van der Waals surface area contributed by atoms with Gasteiger partial charge in [0.2, 0.25) is 0 Å². The molecule has 0 saturated carbocycles. The molecule has 1 aromatic rings. The molecule has 0 fully saturated rings. The number of carbonyl (C=O) groups excluding carboxylic acids is 1. The van der Waals surface area contributed by atoms with E-state index in [1.54, 1.807) is 0 Å². The van der Waals surface area contributed by atoms with Gasteiger partial charge in [0.05, 0.1) is 0 Å². The van der Waals surface area contributed by atoms with Crippen molar-refractivity contribution in [3.05, 3.63) is 29.8 Å². The van der Waals surface area contributed by atoms with Crippen LogP contribution in [0.2, 0.25) is 0 Å². The second-order valence-corrected chi connectivity index (χ2v) is 6.03. The molecule has 0 spiro atoms.